The summed E-state index contributed by atoms with van der Waals surface area (Å²) in [6, 6.07) is 3.97. The van der Waals surface area contributed by atoms with Crippen LogP contribution in [0.3, 0.4) is 0 Å². The summed E-state index contributed by atoms with van der Waals surface area (Å²) in [5.74, 6) is 0.736. The molecule has 2 aromatic rings. The molecule has 0 radical (unpaired) electrons. The number of thiazole rings is 1. The van der Waals surface area contributed by atoms with E-state index in [-0.39, 0.29) is 42.9 Å². The van der Waals surface area contributed by atoms with Gasteiger partial charge in [0.15, 0.2) is 0 Å². The molecule has 1 aliphatic heterocycles. The lowest BCUT2D eigenvalue weighted by Gasteiger charge is -2.36. The highest BCUT2D eigenvalue weighted by molar-refractivity contribution is 7.09. The summed E-state index contributed by atoms with van der Waals surface area (Å²) in [7, 11) is 0. The molecule has 2 atom stereocenters. The minimum Gasteiger partial charge on any atom is -0.372 e. The summed E-state index contributed by atoms with van der Waals surface area (Å²) in [5.41, 5.74) is 6.87. The number of ether oxygens (including phenoxy) is 1. The van der Waals surface area contributed by atoms with Crippen LogP contribution in [0, 0.1) is 0 Å². The highest BCUT2D eigenvalue weighted by atomic mass is 35.5. The molecule has 3 rings (SSSR count). The number of carbonyl (C=O) groups excluding carboxylic acids is 1. The molecule has 0 saturated carbocycles. The SMILES string of the molecule is CC1CN(c2ccc(CNC(=O)c3csc(CN)n3)cn2)CC(C)O1.Cl.Cl. The molecule has 2 aromatic heterocycles. The summed E-state index contributed by atoms with van der Waals surface area (Å²) in [6.45, 7) is 6.57. The Hall–Kier alpha value is -1.45. The smallest absolute Gasteiger partial charge is 0.271 e. The second kappa shape index (κ2) is 10.8. The third kappa shape index (κ3) is 6.29. The number of halogens is 2. The monoisotopic (exact) mass is 433 g/mol. The van der Waals surface area contributed by atoms with Crippen LogP contribution in [0.25, 0.3) is 0 Å². The van der Waals surface area contributed by atoms with Crippen LogP contribution in [0.1, 0.15) is 34.9 Å². The lowest BCUT2D eigenvalue weighted by molar-refractivity contribution is -0.00546. The number of aromatic nitrogens is 2. The quantitative estimate of drug-likeness (QED) is 0.751. The molecule has 1 saturated heterocycles. The van der Waals surface area contributed by atoms with E-state index < -0.39 is 0 Å². The molecule has 150 valence electrons. The van der Waals surface area contributed by atoms with Crippen LogP contribution in [-0.2, 0) is 17.8 Å². The van der Waals surface area contributed by atoms with Crippen LogP contribution in [-0.4, -0.2) is 41.2 Å². The summed E-state index contributed by atoms with van der Waals surface area (Å²) >= 11 is 1.39. The van der Waals surface area contributed by atoms with Crippen molar-refractivity contribution < 1.29 is 9.53 Å². The Morgan fingerprint density at radius 1 is 1.33 bits per heavy atom. The highest BCUT2D eigenvalue weighted by Gasteiger charge is 2.23. The number of morpholine rings is 1. The van der Waals surface area contributed by atoms with Gasteiger partial charge in [-0.2, -0.15) is 0 Å². The van der Waals surface area contributed by atoms with Gasteiger partial charge in [0.05, 0.1) is 12.2 Å². The van der Waals surface area contributed by atoms with E-state index in [1.807, 2.05) is 12.1 Å². The van der Waals surface area contributed by atoms with Crippen molar-refractivity contribution in [3.63, 3.8) is 0 Å². The van der Waals surface area contributed by atoms with Gasteiger partial charge in [-0.1, -0.05) is 6.07 Å². The van der Waals surface area contributed by atoms with Gasteiger partial charge >= 0.3 is 0 Å². The number of nitrogens with two attached hydrogens (primary N) is 1. The second-order valence-corrected chi connectivity index (χ2v) is 7.14. The molecular formula is C17H25Cl2N5O2S. The van der Waals surface area contributed by atoms with Crippen LogP contribution in [0.5, 0.6) is 0 Å². The van der Waals surface area contributed by atoms with E-state index in [9.17, 15) is 4.79 Å². The van der Waals surface area contributed by atoms with E-state index in [2.05, 4.69) is 34.0 Å². The van der Waals surface area contributed by atoms with Gasteiger partial charge in [0.25, 0.3) is 5.91 Å². The van der Waals surface area contributed by atoms with Gasteiger partial charge in [-0.05, 0) is 25.5 Å². The molecule has 1 fully saturated rings. The van der Waals surface area contributed by atoms with E-state index in [4.69, 9.17) is 10.5 Å². The Bertz CT molecular complexity index is 718. The molecule has 10 heteroatoms. The number of hydrogen-bond donors (Lipinski definition) is 2. The zero-order valence-electron chi connectivity index (χ0n) is 15.3. The van der Waals surface area contributed by atoms with Crippen LogP contribution in [0.4, 0.5) is 5.82 Å². The van der Waals surface area contributed by atoms with Crippen molar-refractivity contribution in [1.82, 2.24) is 15.3 Å². The van der Waals surface area contributed by atoms with Gasteiger partial charge in [-0.15, -0.1) is 36.2 Å². The number of hydrogen-bond acceptors (Lipinski definition) is 7. The summed E-state index contributed by atoms with van der Waals surface area (Å²) in [4.78, 5) is 23.0. The predicted octanol–water partition coefficient (Wildman–Crippen LogP) is 2.38. The van der Waals surface area contributed by atoms with Crippen molar-refractivity contribution in [3.8, 4) is 0 Å². The Kier molecular flexibility index (Phi) is 9.41. The second-order valence-electron chi connectivity index (χ2n) is 6.20. The normalized spacial score (nSPS) is 19.0. The topological polar surface area (TPSA) is 93.4 Å². The fourth-order valence-electron chi connectivity index (χ4n) is 2.86. The molecule has 3 heterocycles. The molecule has 1 aliphatic rings. The summed E-state index contributed by atoms with van der Waals surface area (Å²) < 4.78 is 5.75. The molecule has 2 unspecified atom stereocenters. The van der Waals surface area contributed by atoms with Crippen molar-refractivity contribution in [2.75, 3.05) is 18.0 Å². The molecule has 1 amide bonds. The first-order valence-corrected chi connectivity index (χ1v) is 9.21. The molecule has 0 aromatic carbocycles. The third-order valence-corrected chi connectivity index (χ3v) is 4.84. The van der Waals surface area contributed by atoms with Crippen molar-refractivity contribution >= 4 is 47.9 Å². The average molecular weight is 434 g/mol. The van der Waals surface area contributed by atoms with Crippen LogP contribution in [0.15, 0.2) is 23.7 Å². The van der Waals surface area contributed by atoms with Gasteiger partial charge in [-0.3, -0.25) is 4.79 Å². The lowest BCUT2D eigenvalue weighted by atomic mass is 10.2. The minimum absolute atomic E-state index is 0. The largest absolute Gasteiger partial charge is 0.372 e. The fourth-order valence-corrected chi connectivity index (χ4v) is 3.51. The van der Waals surface area contributed by atoms with Crippen molar-refractivity contribution in [3.05, 3.63) is 40.0 Å². The van der Waals surface area contributed by atoms with E-state index >= 15 is 0 Å². The Morgan fingerprint density at radius 3 is 2.59 bits per heavy atom. The highest BCUT2D eigenvalue weighted by Crippen LogP contribution is 2.18. The van der Waals surface area contributed by atoms with Crippen LogP contribution in [0.2, 0.25) is 0 Å². The number of anilines is 1. The van der Waals surface area contributed by atoms with Crippen molar-refractivity contribution in [2.45, 2.75) is 39.1 Å². The standard InChI is InChI=1S/C17H23N5O2S.2ClH/c1-11-8-22(9-12(2)24-11)15-4-3-13(6-19-15)7-20-17(23)14-10-25-16(5-18)21-14;;/h3-4,6,10-12H,5,7-9,18H2,1-2H3,(H,20,23);2*1H. The first kappa shape index (κ1) is 23.6. The van der Waals surface area contributed by atoms with E-state index in [1.165, 1.54) is 11.3 Å². The van der Waals surface area contributed by atoms with Crippen LogP contribution < -0.4 is 16.0 Å². The predicted molar refractivity (Wildman–Crippen MR) is 112 cm³/mol. The van der Waals surface area contributed by atoms with Crippen LogP contribution >= 0.6 is 36.2 Å². The first-order valence-electron chi connectivity index (χ1n) is 8.33. The Morgan fingerprint density at radius 2 is 2.04 bits per heavy atom. The Labute approximate surface area is 175 Å². The van der Waals surface area contributed by atoms with Gasteiger partial charge in [0.1, 0.15) is 16.5 Å². The van der Waals surface area contributed by atoms with Gasteiger partial charge < -0.3 is 20.7 Å². The molecule has 0 aliphatic carbocycles. The molecule has 27 heavy (non-hydrogen) atoms. The third-order valence-electron chi connectivity index (χ3n) is 3.96. The maximum Gasteiger partial charge on any atom is 0.271 e. The number of nitrogens with one attached hydrogen (secondary N) is 1. The zero-order valence-corrected chi connectivity index (χ0v) is 17.7. The Balaban J connectivity index is 0.00000182. The van der Waals surface area contributed by atoms with E-state index in [0.717, 1.165) is 29.5 Å². The number of rotatable bonds is 5. The zero-order chi connectivity index (χ0) is 17.8. The summed E-state index contributed by atoms with van der Waals surface area (Å²) in [6.07, 6.45) is 2.19. The van der Waals surface area contributed by atoms with E-state index in [0.29, 0.717) is 18.8 Å². The number of carbonyl (C=O) groups is 1. The van der Waals surface area contributed by atoms with Crippen molar-refractivity contribution in [1.29, 1.82) is 0 Å². The molecule has 3 N–H and O–H groups in total. The van der Waals surface area contributed by atoms with E-state index in [1.54, 1.807) is 11.6 Å². The first-order chi connectivity index (χ1) is 12.0. The molecule has 0 spiro atoms. The number of nitrogens with zero attached hydrogens (tertiary/aromatic N) is 3. The summed E-state index contributed by atoms with van der Waals surface area (Å²) in [5, 5.41) is 5.33. The van der Waals surface area contributed by atoms with Gasteiger partial charge in [0.2, 0.25) is 0 Å². The molecule has 0 bridgehead atoms. The van der Waals surface area contributed by atoms with Crippen molar-refractivity contribution in [2.24, 2.45) is 5.73 Å². The van der Waals surface area contributed by atoms with Gasteiger partial charge in [0, 0.05) is 37.8 Å². The number of amides is 1. The molecular weight excluding hydrogens is 409 g/mol. The minimum atomic E-state index is -0.198. The van der Waals surface area contributed by atoms with Gasteiger partial charge in [-0.25, -0.2) is 9.97 Å². The lowest BCUT2D eigenvalue weighted by Crippen LogP contribution is -2.45. The average Bonchev–Trinajstić information content (AvgIpc) is 3.08. The maximum atomic E-state index is 12.1. The molecule has 7 nitrogen and oxygen atoms in total. The number of pyridine rings is 1. The fraction of sp³-hybridized carbons (Fsp3) is 0.471. The maximum absolute atomic E-state index is 12.1.